The summed E-state index contributed by atoms with van der Waals surface area (Å²) in [5.41, 5.74) is -1.47. The molecule has 6 atom stereocenters. The molecule has 1 saturated heterocycles. The maximum atomic E-state index is 13.8. The van der Waals surface area contributed by atoms with Crippen molar-refractivity contribution >= 4 is 28.6 Å². The molecule has 0 bridgehead atoms. The van der Waals surface area contributed by atoms with Crippen LogP contribution in [-0.2, 0) is 19.1 Å². The minimum Gasteiger partial charge on any atom is -0.497 e. The van der Waals surface area contributed by atoms with Crippen LogP contribution in [0.25, 0.3) is 0 Å². The molecule has 3 aliphatic carbocycles. The van der Waals surface area contributed by atoms with Crippen LogP contribution in [0.4, 0.5) is 0 Å². The maximum Gasteiger partial charge on any atom is 0.306 e. The van der Waals surface area contributed by atoms with Crippen molar-refractivity contribution in [3.63, 3.8) is 0 Å². The summed E-state index contributed by atoms with van der Waals surface area (Å²) in [6, 6.07) is 7.52. The van der Waals surface area contributed by atoms with Crippen LogP contribution in [-0.4, -0.2) is 30.6 Å². The highest BCUT2D eigenvalue weighted by molar-refractivity contribution is 8.13. The van der Waals surface area contributed by atoms with Crippen molar-refractivity contribution in [2.45, 2.75) is 64.7 Å². The molecule has 2 saturated carbocycles. The number of carbonyl (C=O) groups excluding carboxylic acids is 3. The van der Waals surface area contributed by atoms with E-state index in [1.807, 2.05) is 24.3 Å². The molecule has 1 aromatic rings. The monoisotopic (exact) mass is 496 g/mol. The van der Waals surface area contributed by atoms with Gasteiger partial charge in [0.05, 0.1) is 20.1 Å². The van der Waals surface area contributed by atoms with E-state index in [1.54, 1.807) is 13.2 Å². The molecule has 5 rings (SSSR count). The number of hydrogen-bond donors (Lipinski definition) is 0. The average Bonchev–Trinajstić information content (AvgIpc) is 3.21. The number of ether oxygens (including phenoxy) is 2. The van der Waals surface area contributed by atoms with Gasteiger partial charge in [-0.3, -0.25) is 14.4 Å². The molecular weight excluding hydrogens is 460 g/mol. The molecular formula is C29H36O5S. The van der Waals surface area contributed by atoms with Crippen LogP contribution >= 0.6 is 11.8 Å². The van der Waals surface area contributed by atoms with Crippen LogP contribution in [0, 0.1) is 39.4 Å². The van der Waals surface area contributed by atoms with Gasteiger partial charge in [-0.25, -0.2) is 0 Å². The quantitative estimate of drug-likeness (QED) is 0.386. The topological polar surface area (TPSA) is 69.7 Å². The van der Waals surface area contributed by atoms with E-state index >= 15 is 0 Å². The summed E-state index contributed by atoms with van der Waals surface area (Å²) in [5.74, 6) is 0.804. The lowest BCUT2D eigenvalue weighted by Crippen LogP contribution is -2.65. The van der Waals surface area contributed by atoms with Crippen LogP contribution in [0.3, 0.4) is 0 Å². The molecule has 1 aliphatic heterocycles. The van der Waals surface area contributed by atoms with Gasteiger partial charge in [0, 0.05) is 21.6 Å². The standard InChI is InChI=1S/C29H36O5S/c1-26(2)14-13-23(30)28(4)21(26)12-15-27(3)22(28)11-10-20(29(27)16-24(31)34-17-29)25(32)35-19-8-6-18(33-5)7-9-19/h6-9,13-14,20-22H,10-12,15-17H2,1-5H3/t20-,21?,22+,27-,28+,29+/m1/s1. The van der Waals surface area contributed by atoms with Gasteiger partial charge in [0.1, 0.15) is 5.75 Å². The predicted molar refractivity (Wildman–Crippen MR) is 135 cm³/mol. The molecule has 0 N–H and O–H groups in total. The number of esters is 1. The summed E-state index contributed by atoms with van der Waals surface area (Å²) in [4.78, 5) is 40.9. The van der Waals surface area contributed by atoms with Crippen molar-refractivity contribution in [1.82, 2.24) is 0 Å². The minimum absolute atomic E-state index is 0.0595. The van der Waals surface area contributed by atoms with Crippen molar-refractivity contribution in [1.29, 1.82) is 0 Å². The zero-order valence-corrected chi connectivity index (χ0v) is 22.2. The summed E-state index contributed by atoms with van der Waals surface area (Å²) in [5, 5.41) is 0.0932. The van der Waals surface area contributed by atoms with E-state index in [1.165, 1.54) is 11.8 Å². The third-order valence-electron chi connectivity index (χ3n) is 10.3. The number of methoxy groups -OCH3 is 1. The van der Waals surface area contributed by atoms with E-state index in [4.69, 9.17) is 9.47 Å². The van der Waals surface area contributed by atoms with Gasteiger partial charge in [0.25, 0.3) is 0 Å². The lowest BCUT2D eigenvalue weighted by Gasteiger charge is -2.67. The van der Waals surface area contributed by atoms with Gasteiger partial charge in [-0.1, -0.05) is 45.5 Å². The van der Waals surface area contributed by atoms with E-state index in [0.29, 0.717) is 6.42 Å². The fraction of sp³-hybridized carbons (Fsp3) is 0.621. The van der Waals surface area contributed by atoms with Gasteiger partial charge in [-0.15, -0.1) is 0 Å². The molecule has 5 nitrogen and oxygen atoms in total. The van der Waals surface area contributed by atoms with Gasteiger partial charge in [-0.05, 0) is 78.7 Å². The Labute approximate surface area is 212 Å². The van der Waals surface area contributed by atoms with E-state index in [0.717, 1.165) is 29.9 Å². The van der Waals surface area contributed by atoms with E-state index in [-0.39, 0.29) is 58.5 Å². The molecule has 1 spiro atoms. The Hall–Kier alpha value is -2.08. The zero-order valence-electron chi connectivity index (χ0n) is 21.4. The second-order valence-corrected chi connectivity index (χ2v) is 13.2. The van der Waals surface area contributed by atoms with Crippen molar-refractivity contribution < 1.29 is 23.9 Å². The Morgan fingerprint density at radius 1 is 1.03 bits per heavy atom. The van der Waals surface area contributed by atoms with Crippen LogP contribution in [0.1, 0.15) is 59.8 Å². The highest BCUT2D eigenvalue weighted by atomic mass is 32.2. The number of fused-ring (bicyclic) bond motifs is 4. The lowest BCUT2D eigenvalue weighted by molar-refractivity contribution is -0.195. The molecule has 35 heavy (non-hydrogen) atoms. The van der Waals surface area contributed by atoms with Crippen LogP contribution in [0.2, 0.25) is 0 Å². The fourth-order valence-electron chi connectivity index (χ4n) is 8.45. The Morgan fingerprint density at radius 3 is 2.37 bits per heavy atom. The first-order valence-corrected chi connectivity index (χ1v) is 13.5. The first-order valence-electron chi connectivity index (χ1n) is 12.7. The van der Waals surface area contributed by atoms with Crippen LogP contribution in [0.15, 0.2) is 41.3 Å². The third-order valence-corrected chi connectivity index (χ3v) is 11.3. The highest BCUT2D eigenvalue weighted by Gasteiger charge is 2.71. The van der Waals surface area contributed by atoms with Gasteiger partial charge in [-0.2, -0.15) is 0 Å². The molecule has 1 unspecified atom stereocenters. The molecule has 6 heteroatoms. The second kappa shape index (κ2) is 8.22. The Kier molecular flexibility index (Phi) is 5.78. The summed E-state index contributed by atoms with van der Waals surface area (Å²) in [7, 11) is 1.62. The van der Waals surface area contributed by atoms with Crippen molar-refractivity contribution in [2.75, 3.05) is 13.7 Å². The number of rotatable bonds is 3. The Balaban J connectivity index is 1.52. The molecule has 0 amide bonds. The highest BCUT2D eigenvalue weighted by Crippen LogP contribution is 2.72. The van der Waals surface area contributed by atoms with Crippen LogP contribution in [0.5, 0.6) is 5.75 Å². The van der Waals surface area contributed by atoms with E-state index < -0.39 is 10.8 Å². The number of cyclic esters (lactones) is 1. The lowest BCUT2D eigenvalue weighted by atomic mass is 9.36. The summed E-state index contributed by atoms with van der Waals surface area (Å²) in [6.45, 7) is 9.15. The number of thioether (sulfide) groups is 1. The number of hydrogen-bond acceptors (Lipinski definition) is 6. The number of benzene rings is 1. The third kappa shape index (κ3) is 3.46. The van der Waals surface area contributed by atoms with Gasteiger partial charge < -0.3 is 9.47 Å². The fourth-order valence-corrected chi connectivity index (χ4v) is 9.44. The molecule has 1 heterocycles. The summed E-state index contributed by atoms with van der Waals surface area (Å²) in [6.07, 6.45) is 7.44. The SMILES string of the molecule is COc1ccc(SC(=O)[C@H]2CC[C@@H]3[C@@]4(C)C(=O)C=CC(C)(C)C4CC[C@@]3(C)[C@@]23COC(=O)C3)cc1. The van der Waals surface area contributed by atoms with Gasteiger partial charge in [0.15, 0.2) is 10.9 Å². The average molecular weight is 497 g/mol. The van der Waals surface area contributed by atoms with Gasteiger partial charge >= 0.3 is 5.97 Å². The molecule has 188 valence electrons. The summed E-state index contributed by atoms with van der Waals surface area (Å²) >= 11 is 1.25. The number of ketones is 1. The molecule has 0 radical (unpaired) electrons. The smallest absolute Gasteiger partial charge is 0.306 e. The summed E-state index contributed by atoms with van der Waals surface area (Å²) < 4.78 is 10.9. The van der Waals surface area contributed by atoms with E-state index in [9.17, 15) is 14.4 Å². The first-order chi connectivity index (χ1) is 16.5. The Morgan fingerprint density at radius 2 is 1.74 bits per heavy atom. The van der Waals surface area contributed by atoms with Crippen molar-refractivity contribution in [3.05, 3.63) is 36.4 Å². The molecule has 0 aromatic heterocycles. The van der Waals surface area contributed by atoms with Crippen molar-refractivity contribution in [3.8, 4) is 5.75 Å². The van der Waals surface area contributed by atoms with E-state index in [2.05, 4.69) is 33.8 Å². The second-order valence-electron chi connectivity index (χ2n) is 12.1. The molecule has 4 aliphatic rings. The Bertz CT molecular complexity index is 1090. The number of carbonyl (C=O) groups is 3. The van der Waals surface area contributed by atoms with Crippen LogP contribution < -0.4 is 4.74 Å². The predicted octanol–water partition coefficient (Wildman–Crippen LogP) is 5.86. The minimum atomic E-state index is -0.580. The maximum absolute atomic E-state index is 13.8. The van der Waals surface area contributed by atoms with Crippen molar-refractivity contribution in [2.24, 2.45) is 39.4 Å². The molecule has 3 fully saturated rings. The first kappa shape index (κ1) is 24.6. The van der Waals surface area contributed by atoms with Gasteiger partial charge in [0.2, 0.25) is 0 Å². The normalized spacial score (nSPS) is 39.6. The molecule has 1 aromatic carbocycles. The largest absolute Gasteiger partial charge is 0.497 e. The number of allylic oxidation sites excluding steroid dienone is 2. The zero-order chi connectivity index (χ0) is 25.2.